The molecule has 3 heterocycles. The highest BCUT2D eigenvalue weighted by Gasteiger charge is 2.50. The summed E-state index contributed by atoms with van der Waals surface area (Å²) < 4.78 is 41.7. The number of nitrogens with two attached hydrogens (primary N) is 1. The summed E-state index contributed by atoms with van der Waals surface area (Å²) in [5.74, 6) is -11.3. The number of alkyl carbamates (subject to hydrolysis) is 1. The van der Waals surface area contributed by atoms with Crippen molar-refractivity contribution in [2.45, 2.75) is 139 Å². The van der Waals surface area contributed by atoms with Crippen LogP contribution in [0.15, 0.2) is 18.2 Å². The molecule has 1 aromatic carbocycles. The second kappa shape index (κ2) is 22.6. The minimum Gasteiger partial charge on any atom is -0.504 e. The van der Waals surface area contributed by atoms with Crippen molar-refractivity contribution < 1.29 is 96.0 Å². The van der Waals surface area contributed by atoms with Crippen LogP contribution in [-0.2, 0) is 55.1 Å². The number of nitrogens with zero attached hydrogens (tertiary/aromatic N) is 2. The molecule has 0 aromatic heterocycles. The van der Waals surface area contributed by atoms with Gasteiger partial charge in [0.2, 0.25) is 41.4 Å². The minimum absolute atomic E-state index is 0.133. The van der Waals surface area contributed by atoms with Crippen LogP contribution in [0.1, 0.15) is 59.4 Å². The van der Waals surface area contributed by atoms with Gasteiger partial charge >= 0.3 is 16.5 Å². The van der Waals surface area contributed by atoms with Gasteiger partial charge in [-0.05, 0) is 45.4 Å². The van der Waals surface area contributed by atoms with Crippen molar-refractivity contribution in [3.05, 3.63) is 23.8 Å². The highest BCUT2D eigenvalue weighted by molar-refractivity contribution is 7.81. The Morgan fingerprint density at radius 2 is 1.46 bits per heavy atom. The molecule has 3 fully saturated rings. The molecule has 3 aliphatic heterocycles. The van der Waals surface area contributed by atoms with Gasteiger partial charge in [-0.2, -0.15) is 8.42 Å². The van der Waals surface area contributed by atoms with Crippen molar-refractivity contribution >= 4 is 57.8 Å². The normalized spacial score (nSPS) is 29.4. The zero-order valence-electron chi connectivity index (χ0n) is 38.0. The Hall–Kier alpha value is -5.95. The molecule has 15 N–H and O–H groups in total. The largest absolute Gasteiger partial charge is 0.504 e. The van der Waals surface area contributed by atoms with Crippen LogP contribution in [0.25, 0.3) is 0 Å². The van der Waals surface area contributed by atoms with Gasteiger partial charge in [-0.15, -0.1) is 0 Å². The molecule has 0 aliphatic carbocycles. The number of amides is 8. The zero-order chi connectivity index (χ0) is 52.0. The summed E-state index contributed by atoms with van der Waals surface area (Å²) in [5, 5.41) is 88.1. The first-order chi connectivity index (χ1) is 31.9. The molecule has 4 rings (SSSR count). The van der Waals surface area contributed by atoms with E-state index in [2.05, 4.69) is 30.8 Å². The Bertz CT molecular complexity index is 2230. The Morgan fingerprint density at radius 1 is 0.855 bits per heavy atom. The molecule has 0 saturated carbocycles. The lowest BCUT2D eigenvalue weighted by molar-refractivity contribution is -0.147. The van der Waals surface area contributed by atoms with Gasteiger partial charge in [-0.3, -0.25) is 38.1 Å². The Kier molecular flexibility index (Phi) is 18.3. The molecule has 1 aromatic rings. The fourth-order valence-electron chi connectivity index (χ4n) is 7.92. The Labute approximate surface area is 394 Å². The van der Waals surface area contributed by atoms with E-state index in [1.54, 1.807) is 0 Å². The van der Waals surface area contributed by atoms with Gasteiger partial charge in [0.05, 0.1) is 43.0 Å². The number of phenols is 1. The molecule has 8 amide bonds. The van der Waals surface area contributed by atoms with Gasteiger partial charge in [-0.25, -0.2) is 4.79 Å². The van der Waals surface area contributed by atoms with Crippen molar-refractivity contribution in [2.75, 3.05) is 19.6 Å². The van der Waals surface area contributed by atoms with Crippen LogP contribution in [0.5, 0.6) is 11.5 Å². The summed E-state index contributed by atoms with van der Waals surface area (Å²) in [6.45, 7) is 5.27. The molecule has 69 heavy (non-hydrogen) atoms. The van der Waals surface area contributed by atoms with Crippen LogP contribution in [0.4, 0.5) is 4.79 Å². The molecule has 0 bridgehead atoms. The van der Waals surface area contributed by atoms with Crippen LogP contribution >= 0.6 is 0 Å². The second-order valence-corrected chi connectivity index (χ2v) is 19.2. The first kappa shape index (κ1) is 55.6. The maximum Gasteiger partial charge on any atom is 0.446 e. The highest BCUT2D eigenvalue weighted by atomic mass is 32.3. The predicted octanol–water partition coefficient (Wildman–Crippen LogP) is -6.51. The van der Waals surface area contributed by atoms with E-state index in [9.17, 15) is 87.1 Å². The molecule has 29 heteroatoms. The van der Waals surface area contributed by atoms with Crippen molar-refractivity contribution in [3.63, 3.8) is 0 Å². The van der Waals surface area contributed by atoms with Crippen LogP contribution in [0.2, 0.25) is 0 Å². The minimum atomic E-state index is -5.22. The van der Waals surface area contributed by atoms with E-state index < -0.39 is 199 Å². The summed E-state index contributed by atoms with van der Waals surface area (Å²) in [4.78, 5) is 111. The van der Waals surface area contributed by atoms with Gasteiger partial charge in [0, 0.05) is 44.8 Å². The molecule has 0 spiro atoms. The summed E-state index contributed by atoms with van der Waals surface area (Å²) >= 11 is 0. The third kappa shape index (κ3) is 15.0. The number of aromatic hydroxyl groups is 1. The Morgan fingerprint density at radius 3 is 2.06 bits per heavy atom. The van der Waals surface area contributed by atoms with E-state index in [-0.39, 0.29) is 5.56 Å². The topological polar surface area (TPSA) is 444 Å². The number of carbonyl (C=O) groups is 8. The molecule has 13 atom stereocenters. The second-order valence-electron chi connectivity index (χ2n) is 18.2. The number of rotatable bonds is 10. The van der Waals surface area contributed by atoms with Gasteiger partial charge in [0.25, 0.3) is 0 Å². The fraction of sp³-hybridized carbons (Fsp3) is 0.650. The summed E-state index contributed by atoms with van der Waals surface area (Å²) in [5.41, 5.74) is 4.08. The number of ether oxygens (including phenoxy) is 1. The number of fused-ring (bicyclic) bond motifs is 2. The first-order valence-electron chi connectivity index (χ1n) is 21.5. The average molecular weight is 1010 g/mol. The molecule has 0 unspecified atom stereocenters. The number of benzene rings is 1. The predicted molar refractivity (Wildman–Crippen MR) is 231 cm³/mol. The fourth-order valence-corrected chi connectivity index (χ4v) is 8.28. The molecule has 386 valence electrons. The quantitative estimate of drug-likeness (QED) is 0.0969. The smallest absolute Gasteiger partial charge is 0.446 e. The lowest BCUT2D eigenvalue weighted by atomic mass is 9.98. The van der Waals surface area contributed by atoms with E-state index in [0.29, 0.717) is 0 Å². The number of phenolic OH excluding ortho intramolecular Hbond substituents is 1. The van der Waals surface area contributed by atoms with Crippen LogP contribution in [-0.4, -0.2) is 204 Å². The number of aliphatic hydroxyl groups is 6. The third-order valence-electron chi connectivity index (χ3n) is 11.2. The Balaban J connectivity index is 1.86. The lowest BCUT2D eigenvalue weighted by Gasteiger charge is -2.33. The van der Waals surface area contributed by atoms with Gasteiger partial charge in [0.15, 0.2) is 11.5 Å². The summed E-state index contributed by atoms with van der Waals surface area (Å²) in [7, 11) is -5.22. The maximum atomic E-state index is 14.4. The molecule has 0 radical (unpaired) electrons. The van der Waals surface area contributed by atoms with Crippen molar-refractivity contribution in [3.8, 4) is 11.5 Å². The number of aliphatic hydroxyl groups excluding tert-OH is 6. The van der Waals surface area contributed by atoms with Crippen molar-refractivity contribution in [1.82, 2.24) is 36.4 Å². The van der Waals surface area contributed by atoms with Crippen molar-refractivity contribution in [1.29, 1.82) is 0 Å². The molecule has 28 nitrogen and oxygen atoms in total. The lowest BCUT2D eigenvalue weighted by Crippen LogP contribution is -2.64. The third-order valence-corrected chi connectivity index (χ3v) is 11.6. The van der Waals surface area contributed by atoms with Gasteiger partial charge < -0.3 is 86.8 Å². The molecular weight excluding hydrogens is 945 g/mol. The molecular formula is C40H60N8O20S. The standard InChI is InChI=1S/C40H60N8O20S/c1-16-14-48-31(32(16)56)36(60)42-13-19(50)10-21(43-39(63)67-40(3,4)5)33(57)44-28(17(2)49)37(61)47-15-20(51)11-22(47)34(58)45-29(35(59)46-30(38(48)62)25(54)12-27(41)55)24(53)8-18-6-7-23(52)26(9-18)68-69(64,65)66/h6-7,9,16-17,19-22,24-25,28-32,49-54,56H,8,10-15H2,1-5H3,(H2,41,55)(H,42,60)(H,43,63)(H,44,57)(H,45,58)(H,46,59)(H,64,65,66)/t16-,17+,19+,20+,21-,22-,24+,25+,28-,29-,30-,31-,32-/m0/s1. The van der Waals surface area contributed by atoms with E-state index in [0.717, 1.165) is 34.9 Å². The highest BCUT2D eigenvalue weighted by Crippen LogP contribution is 2.30. The maximum absolute atomic E-state index is 14.4. The van der Waals surface area contributed by atoms with Crippen LogP contribution < -0.4 is 36.5 Å². The number of carbonyl (C=O) groups excluding carboxylic acids is 8. The van der Waals surface area contributed by atoms with Crippen LogP contribution in [0, 0.1) is 5.92 Å². The van der Waals surface area contributed by atoms with Gasteiger partial charge in [-0.1, -0.05) is 13.0 Å². The summed E-state index contributed by atoms with van der Waals surface area (Å²) in [6.07, 6.45) is -15.1. The van der Waals surface area contributed by atoms with Crippen LogP contribution in [0.3, 0.4) is 0 Å². The number of primary amides is 1. The number of nitrogens with one attached hydrogen (secondary N) is 5. The molecule has 3 aliphatic rings. The van der Waals surface area contributed by atoms with Gasteiger partial charge in [0.1, 0.15) is 41.9 Å². The monoisotopic (exact) mass is 1000 g/mol. The number of hydrogen-bond donors (Lipinski definition) is 14. The number of β-amino-alcohol motifs (C(OH)–C–C–N with tert-alkyl or cyclic N) is 1. The summed E-state index contributed by atoms with van der Waals surface area (Å²) in [6, 6.07) is -9.02. The van der Waals surface area contributed by atoms with E-state index in [1.807, 2.05) is 0 Å². The molecule has 3 saturated heterocycles. The van der Waals surface area contributed by atoms with E-state index in [4.69, 9.17) is 10.5 Å². The SMILES string of the molecule is C[C@@H](O)[C@@H]1NC(=O)[C@@H](NC(=O)OC(C)(C)C)C[C@@H](O)CNC(=O)[C@@H]2[C@@H](O)[C@@H](C)CN2C(=O)[C@H]([C@H](O)CC(N)=O)NC(=O)[C@H]([C@H](O)Cc2ccc(O)c(OS(=O)(=O)O)c2)NC(=O)[C@@H]2C[C@@H](O)CN2C1=O. The van der Waals surface area contributed by atoms with Crippen molar-refractivity contribution in [2.24, 2.45) is 11.7 Å². The van der Waals surface area contributed by atoms with E-state index in [1.165, 1.54) is 27.7 Å². The average Bonchev–Trinajstić information content (AvgIpc) is 3.76. The zero-order valence-corrected chi connectivity index (χ0v) is 38.9. The van der Waals surface area contributed by atoms with E-state index >= 15 is 0 Å². The first-order valence-corrected chi connectivity index (χ1v) is 22.9. The number of hydrogen-bond acceptors (Lipinski definition) is 19.